The van der Waals surface area contributed by atoms with Gasteiger partial charge < -0.3 is 9.88 Å². The van der Waals surface area contributed by atoms with Crippen molar-refractivity contribution in [1.29, 1.82) is 0 Å². The molecule has 1 atom stereocenters. The molecule has 0 bridgehead atoms. The summed E-state index contributed by atoms with van der Waals surface area (Å²) in [5.41, 5.74) is 2.26. The van der Waals surface area contributed by atoms with Crippen molar-refractivity contribution in [3.63, 3.8) is 0 Å². The fraction of sp³-hybridized carbons (Fsp3) is 0.438. The molecule has 2 rings (SSSR count). The molecule has 4 heteroatoms. The van der Waals surface area contributed by atoms with Crippen LogP contribution in [0.25, 0.3) is 0 Å². The topological polar surface area (TPSA) is 29.9 Å². The fourth-order valence-electron chi connectivity index (χ4n) is 2.08. The third kappa shape index (κ3) is 3.67. The standard InChI is InChI=1S/C16H22FN3/c1-12(13-5-7-14(17)8-6-13)20-11-18-9-15(20)10-19-16(2,3)4/h5-9,11-12,19H,10H2,1-4H3. The van der Waals surface area contributed by atoms with Crippen LogP contribution in [0.15, 0.2) is 36.8 Å². The van der Waals surface area contributed by atoms with Crippen LogP contribution < -0.4 is 5.32 Å². The number of nitrogens with zero attached hydrogens (tertiary/aromatic N) is 2. The van der Waals surface area contributed by atoms with E-state index in [2.05, 4.69) is 42.6 Å². The lowest BCUT2D eigenvalue weighted by Crippen LogP contribution is -2.35. The van der Waals surface area contributed by atoms with Crippen LogP contribution in [-0.2, 0) is 6.54 Å². The molecule has 0 aliphatic heterocycles. The molecule has 1 heterocycles. The normalized spacial score (nSPS) is 13.4. The molecule has 0 aliphatic carbocycles. The van der Waals surface area contributed by atoms with Gasteiger partial charge in [0.25, 0.3) is 0 Å². The average Bonchev–Trinajstić information content (AvgIpc) is 2.84. The molecule has 1 unspecified atom stereocenters. The van der Waals surface area contributed by atoms with Gasteiger partial charge in [0.05, 0.1) is 18.1 Å². The van der Waals surface area contributed by atoms with Gasteiger partial charge in [-0.2, -0.15) is 0 Å². The maximum absolute atomic E-state index is 13.0. The van der Waals surface area contributed by atoms with E-state index in [1.54, 1.807) is 0 Å². The first-order valence-electron chi connectivity index (χ1n) is 6.88. The van der Waals surface area contributed by atoms with Crippen molar-refractivity contribution in [2.24, 2.45) is 0 Å². The zero-order valence-corrected chi connectivity index (χ0v) is 12.5. The molecule has 0 fully saturated rings. The van der Waals surface area contributed by atoms with Crippen LogP contribution in [0.1, 0.15) is 45.0 Å². The van der Waals surface area contributed by atoms with Gasteiger partial charge in [-0.25, -0.2) is 9.37 Å². The number of hydrogen-bond acceptors (Lipinski definition) is 2. The molecular weight excluding hydrogens is 253 g/mol. The second-order valence-electron chi connectivity index (χ2n) is 6.12. The number of halogens is 1. The molecule has 1 aromatic carbocycles. The Morgan fingerprint density at radius 1 is 1.25 bits per heavy atom. The van der Waals surface area contributed by atoms with Crippen molar-refractivity contribution < 1.29 is 4.39 Å². The number of aromatic nitrogens is 2. The quantitative estimate of drug-likeness (QED) is 0.925. The maximum atomic E-state index is 13.0. The van der Waals surface area contributed by atoms with E-state index >= 15 is 0 Å². The number of nitrogens with one attached hydrogen (secondary N) is 1. The van der Waals surface area contributed by atoms with E-state index in [1.807, 2.05) is 24.7 Å². The number of rotatable bonds is 4. The lowest BCUT2D eigenvalue weighted by Gasteiger charge is -2.22. The smallest absolute Gasteiger partial charge is 0.123 e. The molecule has 2 aromatic rings. The van der Waals surface area contributed by atoms with Crippen LogP contribution in [0.5, 0.6) is 0 Å². The summed E-state index contributed by atoms with van der Waals surface area (Å²) >= 11 is 0. The van der Waals surface area contributed by atoms with Gasteiger partial charge in [0.1, 0.15) is 5.82 Å². The Morgan fingerprint density at radius 3 is 2.50 bits per heavy atom. The van der Waals surface area contributed by atoms with Gasteiger partial charge in [-0.1, -0.05) is 12.1 Å². The predicted molar refractivity (Wildman–Crippen MR) is 79.0 cm³/mol. The Morgan fingerprint density at radius 2 is 1.90 bits per heavy atom. The Labute approximate surface area is 119 Å². The highest BCUT2D eigenvalue weighted by molar-refractivity contribution is 5.21. The van der Waals surface area contributed by atoms with Crippen LogP contribution in [0.4, 0.5) is 4.39 Å². The highest BCUT2D eigenvalue weighted by atomic mass is 19.1. The number of benzene rings is 1. The van der Waals surface area contributed by atoms with Crippen LogP contribution in [0, 0.1) is 5.82 Å². The van der Waals surface area contributed by atoms with Crippen molar-refractivity contribution in [3.8, 4) is 0 Å². The van der Waals surface area contributed by atoms with E-state index in [0.29, 0.717) is 0 Å². The van der Waals surface area contributed by atoms with E-state index in [1.165, 1.54) is 12.1 Å². The van der Waals surface area contributed by atoms with Crippen LogP contribution in [0.2, 0.25) is 0 Å². The summed E-state index contributed by atoms with van der Waals surface area (Å²) in [6.07, 6.45) is 3.70. The second-order valence-corrected chi connectivity index (χ2v) is 6.12. The second kappa shape index (κ2) is 5.75. The van der Waals surface area contributed by atoms with Gasteiger partial charge in [-0.15, -0.1) is 0 Å². The zero-order chi connectivity index (χ0) is 14.8. The molecule has 0 radical (unpaired) electrons. The van der Waals surface area contributed by atoms with Gasteiger partial charge in [0.2, 0.25) is 0 Å². The van der Waals surface area contributed by atoms with E-state index < -0.39 is 0 Å². The molecule has 0 spiro atoms. The molecule has 1 aromatic heterocycles. The summed E-state index contributed by atoms with van der Waals surface area (Å²) in [7, 11) is 0. The zero-order valence-electron chi connectivity index (χ0n) is 12.5. The molecule has 1 N–H and O–H groups in total. The molecule has 3 nitrogen and oxygen atoms in total. The van der Waals surface area contributed by atoms with Gasteiger partial charge in [0, 0.05) is 18.3 Å². The Balaban J connectivity index is 2.16. The third-order valence-electron chi connectivity index (χ3n) is 3.32. The predicted octanol–water partition coefficient (Wildman–Crippen LogP) is 3.52. The van der Waals surface area contributed by atoms with Gasteiger partial charge in [-0.3, -0.25) is 0 Å². The van der Waals surface area contributed by atoms with Crippen molar-refractivity contribution >= 4 is 0 Å². The van der Waals surface area contributed by atoms with Crippen molar-refractivity contribution in [1.82, 2.24) is 14.9 Å². The van der Waals surface area contributed by atoms with E-state index in [4.69, 9.17) is 0 Å². The van der Waals surface area contributed by atoms with Crippen molar-refractivity contribution in [2.75, 3.05) is 0 Å². The van der Waals surface area contributed by atoms with Gasteiger partial charge >= 0.3 is 0 Å². The first-order chi connectivity index (χ1) is 9.37. The van der Waals surface area contributed by atoms with Gasteiger partial charge in [0.15, 0.2) is 0 Å². The van der Waals surface area contributed by atoms with Gasteiger partial charge in [-0.05, 0) is 45.4 Å². The van der Waals surface area contributed by atoms with Crippen molar-refractivity contribution in [3.05, 3.63) is 53.9 Å². The van der Waals surface area contributed by atoms with E-state index in [-0.39, 0.29) is 17.4 Å². The maximum Gasteiger partial charge on any atom is 0.123 e. The first-order valence-corrected chi connectivity index (χ1v) is 6.88. The summed E-state index contributed by atoms with van der Waals surface area (Å²) in [6.45, 7) is 9.26. The highest BCUT2D eigenvalue weighted by Crippen LogP contribution is 2.20. The molecule has 20 heavy (non-hydrogen) atoms. The van der Waals surface area contributed by atoms with Crippen molar-refractivity contribution in [2.45, 2.75) is 45.8 Å². The van der Waals surface area contributed by atoms with Crippen LogP contribution >= 0.6 is 0 Å². The molecule has 108 valence electrons. The number of hydrogen-bond donors (Lipinski definition) is 1. The molecule has 0 amide bonds. The summed E-state index contributed by atoms with van der Waals surface area (Å²) in [6, 6.07) is 6.77. The highest BCUT2D eigenvalue weighted by Gasteiger charge is 2.14. The largest absolute Gasteiger partial charge is 0.326 e. The first kappa shape index (κ1) is 14.7. The molecule has 0 aliphatic rings. The summed E-state index contributed by atoms with van der Waals surface area (Å²) in [5, 5.41) is 3.46. The minimum absolute atomic E-state index is 0.0637. The minimum Gasteiger partial charge on any atom is -0.326 e. The molecular formula is C16H22FN3. The Bertz CT molecular complexity index is 552. The lowest BCUT2D eigenvalue weighted by molar-refractivity contribution is 0.413. The van der Waals surface area contributed by atoms with Crippen LogP contribution in [-0.4, -0.2) is 15.1 Å². The van der Waals surface area contributed by atoms with Crippen LogP contribution in [0.3, 0.4) is 0 Å². The molecule has 0 saturated heterocycles. The summed E-state index contributed by atoms with van der Waals surface area (Å²) in [5.74, 6) is -0.207. The monoisotopic (exact) mass is 275 g/mol. The minimum atomic E-state index is -0.207. The summed E-state index contributed by atoms with van der Waals surface area (Å²) in [4.78, 5) is 4.24. The van der Waals surface area contributed by atoms with E-state index in [9.17, 15) is 4.39 Å². The van der Waals surface area contributed by atoms with E-state index in [0.717, 1.165) is 17.8 Å². The lowest BCUT2D eigenvalue weighted by atomic mass is 10.1. The Hall–Kier alpha value is -1.68. The summed E-state index contributed by atoms with van der Waals surface area (Å²) < 4.78 is 15.1. The SMILES string of the molecule is CC(c1ccc(F)cc1)n1cncc1CNC(C)(C)C. The Kier molecular flexibility index (Phi) is 4.23. The molecule has 0 saturated carbocycles. The number of imidazole rings is 1. The fourth-order valence-corrected chi connectivity index (χ4v) is 2.08. The average molecular weight is 275 g/mol. The third-order valence-corrected chi connectivity index (χ3v) is 3.32.